The van der Waals surface area contributed by atoms with Crippen molar-refractivity contribution in [2.75, 3.05) is 47.9 Å². The minimum absolute atomic E-state index is 0.143. The van der Waals surface area contributed by atoms with Gasteiger partial charge in [-0.25, -0.2) is 15.0 Å². The Bertz CT molecular complexity index is 1280. The lowest BCUT2D eigenvalue weighted by molar-refractivity contribution is 0.103. The van der Waals surface area contributed by atoms with Crippen molar-refractivity contribution in [3.63, 3.8) is 0 Å². The van der Waals surface area contributed by atoms with E-state index in [2.05, 4.69) is 30.1 Å². The van der Waals surface area contributed by atoms with Crippen molar-refractivity contribution >= 4 is 44.8 Å². The Morgan fingerprint density at radius 3 is 2.50 bits per heavy atom. The third kappa shape index (κ3) is 4.38. The summed E-state index contributed by atoms with van der Waals surface area (Å²) >= 11 is 1.40. The molecule has 9 heteroatoms. The summed E-state index contributed by atoms with van der Waals surface area (Å²) in [6.07, 6.45) is 3.41. The smallest absolute Gasteiger partial charge is 0.266 e. The molecule has 5 rings (SSSR count). The number of ether oxygens (including phenoxy) is 1. The molecule has 34 heavy (non-hydrogen) atoms. The molecule has 3 aromatic heterocycles. The van der Waals surface area contributed by atoms with Crippen molar-refractivity contribution in [1.82, 2.24) is 15.0 Å². The molecule has 174 valence electrons. The summed E-state index contributed by atoms with van der Waals surface area (Å²) in [5.74, 6) is 2.52. The molecular weight excluding hydrogens is 448 g/mol. The predicted molar refractivity (Wildman–Crippen MR) is 136 cm³/mol. The lowest BCUT2D eigenvalue weighted by Crippen LogP contribution is -2.47. The zero-order valence-corrected chi connectivity index (χ0v) is 20.0. The number of pyridine rings is 1. The number of aryl methyl sites for hydroxylation is 1. The van der Waals surface area contributed by atoms with E-state index in [4.69, 9.17) is 4.74 Å². The molecule has 1 aliphatic rings. The first-order valence-electron chi connectivity index (χ1n) is 11.3. The number of aromatic nitrogens is 3. The second-order valence-electron chi connectivity index (χ2n) is 8.01. The molecule has 1 N–H and O–H groups in total. The van der Waals surface area contributed by atoms with Crippen LogP contribution in [0.3, 0.4) is 0 Å². The molecule has 0 saturated carbocycles. The lowest BCUT2D eigenvalue weighted by Gasteiger charge is -2.36. The monoisotopic (exact) mass is 474 g/mol. The van der Waals surface area contributed by atoms with Gasteiger partial charge in [0.25, 0.3) is 5.91 Å². The summed E-state index contributed by atoms with van der Waals surface area (Å²) in [7, 11) is 0. The fourth-order valence-corrected chi connectivity index (χ4v) is 5.23. The number of carbonyl (C=O) groups is 1. The van der Waals surface area contributed by atoms with Crippen LogP contribution in [0, 0.1) is 6.92 Å². The minimum atomic E-state index is -0.143. The van der Waals surface area contributed by atoms with Crippen LogP contribution in [0.15, 0.2) is 55.0 Å². The van der Waals surface area contributed by atoms with Crippen LogP contribution in [-0.2, 0) is 0 Å². The summed E-state index contributed by atoms with van der Waals surface area (Å²) in [6, 6.07) is 13.4. The number of hydrogen-bond donors (Lipinski definition) is 1. The van der Waals surface area contributed by atoms with Gasteiger partial charge >= 0.3 is 0 Å². The number of anilines is 3. The molecule has 1 aliphatic heterocycles. The Morgan fingerprint density at radius 2 is 1.79 bits per heavy atom. The van der Waals surface area contributed by atoms with E-state index in [1.807, 2.05) is 62.5 Å². The van der Waals surface area contributed by atoms with Crippen LogP contribution >= 0.6 is 11.3 Å². The van der Waals surface area contributed by atoms with Crippen LogP contribution in [0.1, 0.15) is 22.2 Å². The first-order chi connectivity index (χ1) is 16.6. The van der Waals surface area contributed by atoms with Crippen molar-refractivity contribution < 1.29 is 9.53 Å². The highest BCUT2D eigenvalue weighted by molar-refractivity contribution is 7.20. The Hall–Kier alpha value is -3.72. The van der Waals surface area contributed by atoms with Crippen LogP contribution in [0.25, 0.3) is 10.2 Å². The van der Waals surface area contributed by atoms with Crippen LogP contribution in [0.2, 0.25) is 0 Å². The number of rotatable bonds is 6. The predicted octanol–water partition coefficient (Wildman–Crippen LogP) is 4.37. The van der Waals surface area contributed by atoms with Gasteiger partial charge in [-0.15, -0.1) is 11.3 Å². The highest BCUT2D eigenvalue weighted by Crippen LogP contribution is 2.35. The Morgan fingerprint density at radius 1 is 1.03 bits per heavy atom. The van der Waals surface area contributed by atoms with Crippen LogP contribution < -0.4 is 19.9 Å². The van der Waals surface area contributed by atoms with Gasteiger partial charge in [-0.05, 0) is 55.8 Å². The quantitative estimate of drug-likeness (QED) is 0.444. The van der Waals surface area contributed by atoms with E-state index in [0.717, 1.165) is 65.0 Å². The van der Waals surface area contributed by atoms with E-state index >= 15 is 0 Å². The van der Waals surface area contributed by atoms with E-state index in [-0.39, 0.29) is 5.91 Å². The van der Waals surface area contributed by atoms with Gasteiger partial charge in [-0.2, -0.15) is 0 Å². The maximum atomic E-state index is 13.1. The summed E-state index contributed by atoms with van der Waals surface area (Å²) in [5, 5.41) is 3.95. The number of fused-ring (bicyclic) bond motifs is 1. The molecule has 0 unspecified atom stereocenters. The minimum Gasteiger partial charge on any atom is -0.494 e. The zero-order valence-electron chi connectivity index (χ0n) is 19.2. The molecule has 0 radical (unpaired) electrons. The van der Waals surface area contributed by atoms with Crippen molar-refractivity contribution in [3.05, 3.63) is 65.4 Å². The summed E-state index contributed by atoms with van der Waals surface area (Å²) in [6.45, 7) is 7.89. The number of nitrogens with zero attached hydrogens (tertiary/aromatic N) is 5. The molecule has 0 aliphatic carbocycles. The van der Waals surface area contributed by atoms with Crippen molar-refractivity contribution in [2.24, 2.45) is 0 Å². The van der Waals surface area contributed by atoms with Gasteiger partial charge in [0.05, 0.1) is 16.9 Å². The highest BCUT2D eigenvalue weighted by atomic mass is 32.1. The van der Waals surface area contributed by atoms with E-state index in [1.165, 1.54) is 11.3 Å². The van der Waals surface area contributed by atoms with Gasteiger partial charge in [0.1, 0.15) is 28.5 Å². The van der Waals surface area contributed by atoms with Crippen molar-refractivity contribution in [2.45, 2.75) is 13.8 Å². The van der Waals surface area contributed by atoms with E-state index in [1.54, 1.807) is 6.33 Å². The van der Waals surface area contributed by atoms with Crippen molar-refractivity contribution in [1.29, 1.82) is 0 Å². The molecule has 8 nitrogen and oxygen atoms in total. The second kappa shape index (κ2) is 9.64. The van der Waals surface area contributed by atoms with Gasteiger partial charge in [-0.3, -0.25) is 4.79 Å². The SMILES string of the molecule is CCOc1ccc(NC(=O)c2sc3ncnc(N4CCN(c5ccccn5)CC4)c3c2C)cc1. The maximum Gasteiger partial charge on any atom is 0.266 e. The lowest BCUT2D eigenvalue weighted by atomic mass is 10.1. The fourth-order valence-electron chi connectivity index (χ4n) is 4.19. The first-order valence-corrected chi connectivity index (χ1v) is 12.1. The Kier molecular flexibility index (Phi) is 6.27. The van der Waals surface area contributed by atoms with Crippen LogP contribution in [0.4, 0.5) is 17.3 Å². The molecule has 1 fully saturated rings. The largest absolute Gasteiger partial charge is 0.494 e. The maximum absolute atomic E-state index is 13.1. The zero-order chi connectivity index (χ0) is 23.5. The van der Waals surface area contributed by atoms with Crippen molar-refractivity contribution in [3.8, 4) is 5.75 Å². The van der Waals surface area contributed by atoms with E-state index in [9.17, 15) is 4.79 Å². The van der Waals surface area contributed by atoms with Gasteiger partial charge in [0.2, 0.25) is 0 Å². The standard InChI is InChI=1S/C25H26N6O2S/c1-3-33-19-9-7-18(8-10-19)29-24(32)22-17(2)21-23(27-16-28-25(21)34-22)31-14-12-30(13-15-31)20-6-4-5-11-26-20/h4-11,16H,3,12-15H2,1-2H3,(H,29,32). The topological polar surface area (TPSA) is 83.5 Å². The van der Waals surface area contributed by atoms with Gasteiger partial charge in [0.15, 0.2) is 0 Å². The van der Waals surface area contributed by atoms with Gasteiger partial charge < -0.3 is 19.9 Å². The number of nitrogens with one attached hydrogen (secondary N) is 1. The molecule has 1 aromatic carbocycles. The summed E-state index contributed by atoms with van der Waals surface area (Å²) < 4.78 is 5.48. The fraction of sp³-hybridized carbons (Fsp3) is 0.280. The summed E-state index contributed by atoms with van der Waals surface area (Å²) in [5.41, 5.74) is 1.63. The van der Waals surface area contributed by atoms with Gasteiger partial charge in [0, 0.05) is 38.1 Å². The molecular formula is C25H26N6O2S. The molecule has 0 atom stereocenters. The normalized spacial score (nSPS) is 13.8. The summed E-state index contributed by atoms with van der Waals surface area (Å²) in [4.78, 5) is 32.7. The molecule has 0 spiro atoms. The second-order valence-corrected chi connectivity index (χ2v) is 9.01. The average molecular weight is 475 g/mol. The molecule has 1 saturated heterocycles. The number of benzene rings is 1. The number of carbonyl (C=O) groups excluding carboxylic acids is 1. The number of amides is 1. The molecule has 4 aromatic rings. The first kappa shape index (κ1) is 22.1. The number of hydrogen-bond acceptors (Lipinski definition) is 8. The molecule has 0 bridgehead atoms. The van der Waals surface area contributed by atoms with Gasteiger partial charge in [-0.1, -0.05) is 6.07 Å². The number of thiophene rings is 1. The third-order valence-electron chi connectivity index (χ3n) is 5.89. The molecule has 1 amide bonds. The third-order valence-corrected chi connectivity index (χ3v) is 7.09. The van der Waals surface area contributed by atoms with Crippen LogP contribution in [0.5, 0.6) is 5.75 Å². The van der Waals surface area contributed by atoms with E-state index in [0.29, 0.717) is 11.5 Å². The highest BCUT2D eigenvalue weighted by Gasteiger charge is 2.25. The Labute approximate surface area is 202 Å². The molecule has 4 heterocycles. The number of piperazine rings is 1. The van der Waals surface area contributed by atoms with E-state index < -0.39 is 0 Å². The Balaban J connectivity index is 1.35. The van der Waals surface area contributed by atoms with Crippen LogP contribution in [-0.4, -0.2) is 53.6 Å². The average Bonchev–Trinajstić information content (AvgIpc) is 3.23.